The Morgan fingerprint density at radius 1 is 0.906 bits per heavy atom. The lowest BCUT2D eigenvalue weighted by Crippen LogP contribution is -2.40. The Kier molecular flexibility index (Phi) is 5.50. The average molecular weight is 471 g/mol. The number of nitrogens with zero attached hydrogens (tertiary/aromatic N) is 4. The van der Waals surface area contributed by atoms with Crippen molar-refractivity contribution in [3.63, 3.8) is 0 Å². The molecule has 10 heteroatoms. The van der Waals surface area contributed by atoms with E-state index in [1.165, 1.54) is 36.9 Å². The second-order valence-corrected chi connectivity index (χ2v) is 7.90. The number of hydrogen-bond acceptors (Lipinski definition) is 5. The molecule has 2 aromatic heterocycles. The summed E-state index contributed by atoms with van der Waals surface area (Å²) in [7, 11) is 2.72. The van der Waals surface area contributed by atoms with Crippen LogP contribution >= 0.6 is 23.2 Å². The first-order valence-corrected chi connectivity index (χ1v) is 10.1. The van der Waals surface area contributed by atoms with Crippen LogP contribution in [0.3, 0.4) is 0 Å². The highest BCUT2D eigenvalue weighted by Crippen LogP contribution is 2.26. The summed E-state index contributed by atoms with van der Waals surface area (Å²) in [5, 5.41) is 11.4. The summed E-state index contributed by atoms with van der Waals surface area (Å²) in [4.78, 5) is 43.1. The molecule has 0 aliphatic heterocycles. The Bertz CT molecular complexity index is 1560. The number of aromatic hydroxyl groups is 1. The molecule has 0 atom stereocenters. The van der Waals surface area contributed by atoms with Gasteiger partial charge in [-0.05, 0) is 30.3 Å². The van der Waals surface area contributed by atoms with Gasteiger partial charge in [-0.15, -0.1) is 0 Å². The smallest absolute Gasteiger partial charge is 0.332 e. The molecule has 0 bridgehead atoms. The third-order valence-corrected chi connectivity index (χ3v) is 5.41. The van der Waals surface area contributed by atoms with E-state index in [-0.39, 0.29) is 16.6 Å². The van der Waals surface area contributed by atoms with Gasteiger partial charge in [0.1, 0.15) is 22.3 Å². The van der Waals surface area contributed by atoms with Crippen molar-refractivity contribution in [2.45, 2.75) is 0 Å². The van der Waals surface area contributed by atoms with Gasteiger partial charge < -0.3 is 5.11 Å². The first kappa shape index (κ1) is 21.6. The topological polar surface area (TPSA) is 98.6 Å². The van der Waals surface area contributed by atoms with Crippen molar-refractivity contribution in [2.75, 3.05) is 0 Å². The first-order valence-electron chi connectivity index (χ1n) is 9.34. The van der Waals surface area contributed by atoms with Crippen molar-refractivity contribution in [1.29, 1.82) is 0 Å². The number of aliphatic imine (C=N–C) groups is 1. The van der Waals surface area contributed by atoms with E-state index >= 15 is 0 Å². The lowest BCUT2D eigenvalue weighted by molar-refractivity contribution is 0.477. The summed E-state index contributed by atoms with van der Waals surface area (Å²) in [6.07, 6.45) is 1.14. The number of aromatic nitrogens is 3. The highest BCUT2D eigenvalue weighted by atomic mass is 35.5. The van der Waals surface area contributed by atoms with Crippen LogP contribution in [0.4, 0.5) is 5.69 Å². The third-order valence-electron chi connectivity index (χ3n) is 4.98. The number of rotatable bonds is 3. The number of fused-ring (bicyclic) bond motifs is 1. The SMILES string of the molecule is Cn1c(=O)c2c(O)c(C=Nc3cc(Cl)cc(Cl)c3)c(=O)n(-c3ccccc3)c2n(C)c1=O. The lowest BCUT2D eigenvalue weighted by atomic mass is 10.1. The van der Waals surface area contributed by atoms with Gasteiger partial charge in [0, 0.05) is 30.4 Å². The van der Waals surface area contributed by atoms with E-state index in [1.807, 2.05) is 0 Å². The summed E-state index contributed by atoms with van der Waals surface area (Å²) < 4.78 is 3.20. The second kappa shape index (κ2) is 8.14. The van der Waals surface area contributed by atoms with E-state index in [0.717, 1.165) is 15.3 Å². The molecule has 0 amide bonds. The largest absolute Gasteiger partial charge is 0.506 e. The number of para-hydroxylation sites is 1. The molecule has 0 aliphatic carbocycles. The zero-order chi connectivity index (χ0) is 23.2. The molecule has 0 saturated carbocycles. The van der Waals surface area contributed by atoms with Crippen LogP contribution in [0.5, 0.6) is 5.75 Å². The van der Waals surface area contributed by atoms with Gasteiger partial charge in [-0.3, -0.25) is 28.3 Å². The summed E-state index contributed by atoms with van der Waals surface area (Å²) in [5.74, 6) is -0.578. The standard InChI is InChI=1S/C22H16Cl2N4O4/c1-26-19-17(21(31)27(2)22(26)32)18(29)16(11-25-14-9-12(23)8-13(24)10-14)20(30)28(19)15-6-4-3-5-7-15/h3-11,29H,1-2H3. The normalized spacial score (nSPS) is 11.5. The molecule has 1 N–H and O–H groups in total. The van der Waals surface area contributed by atoms with E-state index in [1.54, 1.807) is 30.3 Å². The van der Waals surface area contributed by atoms with Crippen molar-refractivity contribution in [3.8, 4) is 11.4 Å². The van der Waals surface area contributed by atoms with Gasteiger partial charge in [-0.1, -0.05) is 41.4 Å². The van der Waals surface area contributed by atoms with Crippen LogP contribution in [0.2, 0.25) is 10.0 Å². The average Bonchev–Trinajstić information content (AvgIpc) is 2.75. The van der Waals surface area contributed by atoms with Crippen molar-refractivity contribution in [2.24, 2.45) is 19.1 Å². The Morgan fingerprint density at radius 3 is 2.16 bits per heavy atom. The molecule has 162 valence electrons. The van der Waals surface area contributed by atoms with Crippen LogP contribution in [0.15, 0.2) is 67.9 Å². The summed E-state index contributed by atoms with van der Waals surface area (Å²) in [6.45, 7) is 0. The minimum Gasteiger partial charge on any atom is -0.506 e. The Morgan fingerprint density at radius 2 is 1.53 bits per heavy atom. The molecule has 0 aliphatic rings. The van der Waals surface area contributed by atoms with Crippen LogP contribution in [0.25, 0.3) is 16.7 Å². The molecular formula is C22H16Cl2N4O4. The predicted molar refractivity (Wildman–Crippen MR) is 125 cm³/mol. The summed E-state index contributed by atoms with van der Waals surface area (Å²) >= 11 is 12.0. The van der Waals surface area contributed by atoms with Gasteiger partial charge in [0.05, 0.1) is 11.4 Å². The van der Waals surface area contributed by atoms with Gasteiger partial charge >= 0.3 is 5.69 Å². The van der Waals surface area contributed by atoms with Crippen LogP contribution in [-0.4, -0.2) is 25.0 Å². The molecule has 0 unspecified atom stereocenters. The fourth-order valence-electron chi connectivity index (χ4n) is 3.44. The maximum Gasteiger partial charge on any atom is 0.332 e. The van der Waals surface area contributed by atoms with Gasteiger partial charge in [0.2, 0.25) is 0 Å². The fraction of sp³-hybridized carbons (Fsp3) is 0.0909. The highest BCUT2D eigenvalue weighted by Gasteiger charge is 2.22. The predicted octanol–water partition coefficient (Wildman–Crippen LogP) is 3.15. The third kappa shape index (κ3) is 3.53. The highest BCUT2D eigenvalue weighted by molar-refractivity contribution is 6.35. The number of benzene rings is 2. The van der Waals surface area contributed by atoms with E-state index in [9.17, 15) is 19.5 Å². The molecule has 2 heterocycles. The van der Waals surface area contributed by atoms with E-state index in [4.69, 9.17) is 23.2 Å². The molecule has 4 aromatic rings. The molecule has 32 heavy (non-hydrogen) atoms. The summed E-state index contributed by atoms with van der Waals surface area (Å²) in [6, 6.07) is 13.1. The second-order valence-electron chi connectivity index (χ2n) is 7.03. The van der Waals surface area contributed by atoms with Gasteiger partial charge in [-0.25, -0.2) is 4.79 Å². The molecule has 0 fully saturated rings. The van der Waals surface area contributed by atoms with Gasteiger partial charge in [-0.2, -0.15) is 0 Å². The molecule has 0 spiro atoms. The maximum absolute atomic E-state index is 13.5. The van der Waals surface area contributed by atoms with Crippen molar-refractivity contribution in [3.05, 3.63) is 95.3 Å². The Balaban J connectivity index is 2.14. The number of aryl methyl sites for hydroxylation is 1. The van der Waals surface area contributed by atoms with Crippen LogP contribution in [0, 0.1) is 0 Å². The zero-order valence-corrected chi connectivity index (χ0v) is 18.4. The van der Waals surface area contributed by atoms with Crippen molar-refractivity contribution < 1.29 is 5.11 Å². The lowest BCUT2D eigenvalue weighted by Gasteiger charge is -2.16. The fourth-order valence-corrected chi connectivity index (χ4v) is 3.96. The monoisotopic (exact) mass is 470 g/mol. The Labute approximate surface area is 190 Å². The van der Waals surface area contributed by atoms with Crippen molar-refractivity contribution >= 4 is 46.1 Å². The van der Waals surface area contributed by atoms with Crippen molar-refractivity contribution in [1.82, 2.24) is 13.7 Å². The van der Waals surface area contributed by atoms with E-state index in [0.29, 0.717) is 21.4 Å². The van der Waals surface area contributed by atoms with Crippen LogP contribution in [-0.2, 0) is 14.1 Å². The Hall–Kier alpha value is -3.62. The molecule has 4 rings (SSSR count). The zero-order valence-electron chi connectivity index (χ0n) is 16.9. The quantitative estimate of drug-likeness (QED) is 0.464. The first-order chi connectivity index (χ1) is 15.2. The minimum absolute atomic E-state index is 0.0326. The van der Waals surface area contributed by atoms with Gasteiger partial charge in [0.15, 0.2) is 0 Å². The summed E-state index contributed by atoms with van der Waals surface area (Å²) in [5.41, 5.74) is -1.55. The maximum atomic E-state index is 13.5. The van der Waals surface area contributed by atoms with Crippen LogP contribution < -0.4 is 16.8 Å². The van der Waals surface area contributed by atoms with Crippen LogP contribution in [0.1, 0.15) is 5.56 Å². The molecular weight excluding hydrogens is 455 g/mol. The number of hydrogen-bond donors (Lipinski definition) is 1. The molecule has 8 nitrogen and oxygen atoms in total. The van der Waals surface area contributed by atoms with E-state index < -0.39 is 22.6 Å². The van der Waals surface area contributed by atoms with Gasteiger partial charge in [0.25, 0.3) is 11.1 Å². The number of halogens is 2. The minimum atomic E-state index is -0.745. The number of pyridine rings is 1. The molecule has 0 radical (unpaired) electrons. The molecule has 0 saturated heterocycles. The van der Waals surface area contributed by atoms with E-state index in [2.05, 4.69) is 4.99 Å². The molecule has 2 aromatic carbocycles.